The quantitative estimate of drug-likeness (QED) is 0.586. The van der Waals surface area contributed by atoms with Gasteiger partial charge < -0.3 is 5.73 Å². The molecule has 0 bridgehead atoms. The van der Waals surface area contributed by atoms with Gasteiger partial charge >= 0.3 is 0 Å². The zero-order chi connectivity index (χ0) is 14.8. The molecule has 2 aromatic carbocycles. The van der Waals surface area contributed by atoms with Crippen molar-refractivity contribution < 1.29 is 4.79 Å². The highest BCUT2D eigenvalue weighted by Crippen LogP contribution is 2.22. The Kier molecular flexibility index (Phi) is 3.53. The number of para-hydroxylation sites is 1. The topological polar surface area (TPSA) is 73.8 Å². The number of ketones is 1. The van der Waals surface area contributed by atoms with Gasteiger partial charge in [0.2, 0.25) is 5.78 Å². The van der Waals surface area contributed by atoms with Gasteiger partial charge in [-0.15, -0.1) is 5.10 Å². The van der Waals surface area contributed by atoms with E-state index >= 15 is 0 Å². The fraction of sp³-hybridized carbons (Fsp3) is 0. The van der Waals surface area contributed by atoms with Crippen LogP contribution in [0.5, 0.6) is 0 Å². The van der Waals surface area contributed by atoms with Crippen molar-refractivity contribution >= 4 is 27.4 Å². The van der Waals surface area contributed by atoms with Crippen molar-refractivity contribution in [2.45, 2.75) is 0 Å². The number of rotatable bonds is 3. The summed E-state index contributed by atoms with van der Waals surface area (Å²) in [6.07, 6.45) is 1.44. The Hall–Kier alpha value is -2.47. The first kappa shape index (κ1) is 13.5. The Morgan fingerprint density at radius 3 is 2.67 bits per heavy atom. The van der Waals surface area contributed by atoms with Crippen LogP contribution >= 0.6 is 15.9 Å². The standard InChI is InChI=1S/C15H11BrN4O/c16-10-6-7-13(17)12(8-10)15(21)14-9-18-19-20(14)11-4-2-1-3-5-11/h1-9H,17H2. The molecule has 0 unspecified atom stereocenters. The second-order valence-corrected chi connectivity index (χ2v) is 5.34. The molecule has 1 aromatic heterocycles. The molecule has 3 aromatic rings. The summed E-state index contributed by atoms with van der Waals surface area (Å²) in [4.78, 5) is 12.7. The van der Waals surface area contributed by atoms with Gasteiger partial charge in [-0.1, -0.05) is 39.3 Å². The van der Waals surface area contributed by atoms with Crippen LogP contribution in [-0.2, 0) is 0 Å². The molecule has 0 amide bonds. The van der Waals surface area contributed by atoms with Crippen molar-refractivity contribution in [3.8, 4) is 5.69 Å². The van der Waals surface area contributed by atoms with Gasteiger partial charge in [0, 0.05) is 15.7 Å². The molecule has 0 aliphatic heterocycles. The van der Waals surface area contributed by atoms with Crippen molar-refractivity contribution in [2.24, 2.45) is 0 Å². The minimum atomic E-state index is -0.220. The van der Waals surface area contributed by atoms with E-state index in [1.165, 1.54) is 10.9 Å². The van der Waals surface area contributed by atoms with Crippen molar-refractivity contribution in [3.63, 3.8) is 0 Å². The van der Waals surface area contributed by atoms with Gasteiger partial charge in [-0.25, -0.2) is 4.68 Å². The van der Waals surface area contributed by atoms with Gasteiger partial charge in [-0.3, -0.25) is 4.79 Å². The third-order valence-corrected chi connectivity index (χ3v) is 3.54. The molecular weight excluding hydrogens is 332 g/mol. The summed E-state index contributed by atoms with van der Waals surface area (Å²) in [5, 5.41) is 7.82. The predicted molar refractivity (Wildman–Crippen MR) is 83.3 cm³/mol. The molecule has 0 atom stereocenters. The van der Waals surface area contributed by atoms with Crippen LogP contribution in [0.4, 0.5) is 5.69 Å². The van der Waals surface area contributed by atoms with E-state index < -0.39 is 0 Å². The van der Waals surface area contributed by atoms with E-state index in [0.29, 0.717) is 16.9 Å². The fourth-order valence-corrected chi connectivity index (χ4v) is 2.37. The van der Waals surface area contributed by atoms with Gasteiger partial charge in [-0.05, 0) is 30.3 Å². The summed E-state index contributed by atoms with van der Waals surface area (Å²) in [6, 6.07) is 14.5. The molecule has 3 rings (SSSR count). The molecular formula is C15H11BrN4O. The molecule has 2 N–H and O–H groups in total. The highest BCUT2D eigenvalue weighted by atomic mass is 79.9. The number of nitrogens with zero attached hydrogens (tertiary/aromatic N) is 3. The van der Waals surface area contributed by atoms with Crippen molar-refractivity contribution in [3.05, 3.63) is 70.5 Å². The van der Waals surface area contributed by atoms with Crippen LogP contribution in [0.3, 0.4) is 0 Å². The van der Waals surface area contributed by atoms with Crippen LogP contribution < -0.4 is 5.73 Å². The van der Waals surface area contributed by atoms with E-state index in [1.807, 2.05) is 30.3 Å². The SMILES string of the molecule is Nc1ccc(Br)cc1C(=O)c1cnnn1-c1ccccc1. The number of anilines is 1. The molecule has 0 saturated carbocycles. The minimum absolute atomic E-state index is 0.220. The molecule has 6 heteroatoms. The van der Waals surface area contributed by atoms with E-state index in [9.17, 15) is 4.79 Å². The minimum Gasteiger partial charge on any atom is -0.398 e. The average molecular weight is 343 g/mol. The molecule has 104 valence electrons. The molecule has 1 heterocycles. The van der Waals surface area contributed by atoms with Gasteiger partial charge in [0.15, 0.2) is 0 Å². The summed E-state index contributed by atoms with van der Waals surface area (Å²) in [5.41, 5.74) is 7.87. The first-order valence-electron chi connectivity index (χ1n) is 6.22. The molecule has 0 fully saturated rings. The Labute approximate surface area is 129 Å². The summed E-state index contributed by atoms with van der Waals surface area (Å²) >= 11 is 3.35. The number of benzene rings is 2. The Morgan fingerprint density at radius 2 is 1.90 bits per heavy atom. The monoisotopic (exact) mass is 342 g/mol. The third-order valence-electron chi connectivity index (χ3n) is 3.04. The maximum atomic E-state index is 12.7. The maximum Gasteiger partial charge on any atom is 0.215 e. The van der Waals surface area contributed by atoms with Crippen molar-refractivity contribution in [1.29, 1.82) is 0 Å². The predicted octanol–water partition coefficient (Wildman–Crippen LogP) is 2.84. The fourth-order valence-electron chi connectivity index (χ4n) is 2.01. The summed E-state index contributed by atoms with van der Waals surface area (Å²) in [7, 11) is 0. The molecule has 5 nitrogen and oxygen atoms in total. The van der Waals surface area contributed by atoms with E-state index in [-0.39, 0.29) is 5.78 Å². The molecule has 0 spiro atoms. The zero-order valence-corrected chi connectivity index (χ0v) is 12.5. The van der Waals surface area contributed by atoms with Gasteiger partial charge in [0.05, 0.1) is 11.9 Å². The lowest BCUT2D eigenvalue weighted by atomic mass is 10.1. The first-order valence-corrected chi connectivity index (χ1v) is 7.02. The highest BCUT2D eigenvalue weighted by molar-refractivity contribution is 9.10. The Bertz CT molecular complexity index is 798. The van der Waals surface area contributed by atoms with Crippen LogP contribution in [0.25, 0.3) is 5.69 Å². The summed E-state index contributed by atoms with van der Waals surface area (Å²) in [5.74, 6) is -0.220. The molecule has 0 aliphatic carbocycles. The number of hydrogen-bond donors (Lipinski definition) is 1. The smallest absolute Gasteiger partial charge is 0.215 e. The van der Waals surface area contributed by atoms with Crippen LogP contribution in [0.1, 0.15) is 16.1 Å². The van der Waals surface area contributed by atoms with E-state index in [1.54, 1.807) is 18.2 Å². The lowest BCUT2D eigenvalue weighted by Crippen LogP contribution is -2.11. The second-order valence-electron chi connectivity index (χ2n) is 4.43. The third kappa shape index (κ3) is 2.57. The Balaban J connectivity index is 2.08. The summed E-state index contributed by atoms with van der Waals surface area (Å²) < 4.78 is 2.29. The molecule has 0 aliphatic rings. The maximum absolute atomic E-state index is 12.7. The molecule has 0 radical (unpaired) electrons. The molecule has 21 heavy (non-hydrogen) atoms. The Morgan fingerprint density at radius 1 is 1.14 bits per heavy atom. The average Bonchev–Trinajstić information content (AvgIpc) is 2.99. The lowest BCUT2D eigenvalue weighted by molar-refractivity contribution is 0.103. The van der Waals surface area contributed by atoms with Crippen LogP contribution in [0.2, 0.25) is 0 Å². The zero-order valence-electron chi connectivity index (χ0n) is 10.9. The largest absolute Gasteiger partial charge is 0.398 e. The van der Waals surface area contributed by atoms with E-state index in [2.05, 4.69) is 26.2 Å². The lowest BCUT2D eigenvalue weighted by Gasteiger charge is -2.07. The second kappa shape index (κ2) is 5.49. The first-order chi connectivity index (χ1) is 10.2. The number of nitrogens with two attached hydrogens (primary N) is 1. The van der Waals surface area contributed by atoms with Gasteiger partial charge in [-0.2, -0.15) is 0 Å². The highest BCUT2D eigenvalue weighted by Gasteiger charge is 2.19. The van der Waals surface area contributed by atoms with Crippen LogP contribution in [-0.4, -0.2) is 20.8 Å². The van der Waals surface area contributed by atoms with Crippen molar-refractivity contribution in [1.82, 2.24) is 15.0 Å². The van der Waals surface area contributed by atoms with Crippen molar-refractivity contribution in [2.75, 3.05) is 5.73 Å². The van der Waals surface area contributed by atoms with Gasteiger partial charge in [0.25, 0.3) is 0 Å². The van der Waals surface area contributed by atoms with Gasteiger partial charge in [0.1, 0.15) is 5.69 Å². The van der Waals surface area contributed by atoms with E-state index in [4.69, 9.17) is 5.73 Å². The summed E-state index contributed by atoms with van der Waals surface area (Å²) in [6.45, 7) is 0. The number of carbonyl (C=O) groups is 1. The number of halogens is 1. The normalized spacial score (nSPS) is 10.5. The number of aromatic nitrogens is 3. The number of hydrogen-bond acceptors (Lipinski definition) is 4. The number of carbonyl (C=O) groups excluding carboxylic acids is 1. The molecule has 0 saturated heterocycles. The van der Waals surface area contributed by atoms with Crippen LogP contribution in [0.15, 0.2) is 59.2 Å². The number of nitrogen functional groups attached to an aromatic ring is 1. The van der Waals surface area contributed by atoms with E-state index in [0.717, 1.165) is 10.2 Å². The van der Waals surface area contributed by atoms with Crippen LogP contribution in [0, 0.1) is 0 Å².